The van der Waals surface area contributed by atoms with Crippen LogP contribution in [-0.4, -0.2) is 23.0 Å². The quantitative estimate of drug-likeness (QED) is 0.634. The van der Waals surface area contributed by atoms with E-state index < -0.39 is 6.10 Å². The van der Waals surface area contributed by atoms with E-state index in [2.05, 4.69) is 0 Å². The molecule has 0 aliphatic heterocycles. The third-order valence-corrected chi connectivity index (χ3v) is 2.62. The molecule has 0 aromatic rings. The number of nitrogens with two attached hydrogens (primary N) is 1. The number of carbonyl (C=O) groups excluding carboxylic acids is 1. The number of Topliss-reactive ketones (excluding diaryl/α,β-unsaturated/α-hetero) is 1. The van der Waals surface area contributed by atoms with Crippen molar-refractivity contribution in [1.29, 1.82) is 0 Å². The van der Waals surface area contributed by atoms with Crippen LogP contribution in [0, 0.1) is 5.92 Å². The minimum atomic E-state index is -0.781. The van der Waals surface area contributed by atoms with E-state index in [1.807, 2.05) is 0 Å². The van der Waals surface area contributed by atoms with E-state index in [1.165, 1.54) is 6.92 Å². The number of aliphatic hydroxyl groups is 1. The predicted octanol–water partition coefficient (Wildman–Crippen LogP) is 0.454. The number of rotatable bonds is 2. The molecule has 0 spiro atoms. The highest BCUT2D eigenvalue weighted by molar-refractivity contribution is 5.80. The fourth-order valence-electron chi connectivity index (χ4n) is 1.89. The maximum absolute atomic E-state index is 10.9. The molecule has 3 heteroatoms. The molecule has 0 saturated heterocycles. The fraction of sp³-hybridized carbons (Fsp3) is 0.889. The van der Waals surface area contributed by atoms with Crippen molar-refractivity contribution in [1.82, 2.24) is 0 Å². The van der Waals surface area contributed by atoms with Gasteiger partial charge in [0.25, 0.3) is 0 Å². The Morgan fingerprint density at radius 2 is 2.25 bits per heavy atom. The number of hydrogen-bond donors (Lipinski definition) is 2. The SMILES string of the molecule is CC(=O)[C@@H](O)[C@H]1CCC[C@H](N)C1. The summed E-state index contributed by atoms with van der Waals surface area (Å²) >= 11 is 0. The van der Waals surface area contributed by atoms with Crippen molar-refractivity contribution in [2.24, 2.45) is 11.7 Å². The number of ketones is 1. The maximum atomic E-state index is 10.9. The molecule has 0 heterocycles. The summed E-state index contributed by atoms with van der Waals surface area (Å²) in [7, 11) is 0. The second kappa shape index (κ2) is 4.01. The summed E-state index contributed by atoms with van der Waals surface area (Å²) in [6, 6.07) is 0.178. The van der Waals surface area contributed by atoms with E-state index >= 15 is 0 Å². The van der Waals surface area contributed by atoms with Gasteiger partial charge in [0.05, 0.1) is 0 Å². The van der Waals surface area contributed by atoms with Gasteiger partial charge in [-0.3, -0.25) is 4.79 Å². The second-order valence-corrected chi connectivity index (χ2v) is 3.74. The van der Waals surface area contributed by atoms with Crippen LogP contribution in [0.3, 0.4) is 0 Å². The molecule has 70 valence electrons. The lowest BCUT2D eigenvalue weighted by molar-refractivity contribution is -0.128. The van der Waals surface area contributed by atoms with Crippen molar-refractivity contribution >= 4 is 5.78 Å². The van der Waals surface area contributed by atoms with Gasteiger partial charge < -0.3 is 10.8 Å². The zero-order valence-electron chi connectivity index (χ0n) is 7.49. The van der Waals surface area contributed by atoms with E-state index in [-0.39, 0.29) is 17.7 Å². The molecule has 1 rings (SSSR count). The third-order valence-electron chi connectivity index (χ3n) is 2.62. The first-order valence-electron chi connectivity index (χ1n) is 4.55. The van der Waals surface area contributed by atoms with Crippen molar-refractivity contribution in [2.45, 2.75) is 44.8 Å². The summed E-state index contributed by atoms with van der Waals surface area (Å²) in [5.74, 6) is -0.0275. The molecule has 3 atom stereocenters. The lowest BCUT2D eigenvalue weighted by Gasteiger charge is -2.28. The first-order valence-corrected chi connectivity index (χ1v) is 4.55. The van der Waals surface area contributed by atoms with Crippen molar-refractivity contribution < 1.29 is 9.90 Å². The van der Waals surface area contributed by atoms with Crippen molar-refractivity contribution in [3.63, 3.8) is 0 Å². The number of hydrogen-bond acceptors (Lipinski definition) is 3. The molecule has 1 aliphatic rings. The first-order chi connectivity index (χ1) is 5.61. The highest BCUT2D eigenvalue weighted by atomic mass is 16.3. The normalized spacial score (nSPS) is 32.9. The summed E-state index contributed by atoms with van der Waals surface area (Å²) in [5.41, 5.74) is 5.74. The van der Waals surface area contributed by atoms with Crippen molar-refractivity contribution in [3.8, 4) is 0 Å². The van der Waals surface area contributed by atoms with Gasteiger partial charge in [0.15, 0.2) is 5.78 Å². The van der Waals surface area contributed by atoms with E-state index in [1.54, 1.807) is 0 Å². The van der Waals surface area contributed by atoms with E-state index in [9.17, 15) is 9.90 Å². The van der Waals surface area contributed by atoms with E-state index in [0.717, 1.165) is 25.7 Å². The molecule has 1 fully saturated rings. The van der Waals surface area contributed by atoms with E-state index in [4.69, 9.17) is 5.73 Å². The zero-order valence-corrected chi connectivity index (χ0v) is 7.49. The fourth-order valence-corrected chi connectivity index (χ4v) is 1.89. The van der Waals surface area contributed by atoms with Gasteiger partial charge in [-0.2, -0.15) is 0 Å². The minimum absolute atomic E-state index is 0.103. The van der Waals surface area contributed by atoms with Gasteiger partial charge in [-0.25, -0.2) is 0 Å². The lowest BCUT2D eigenvalue weighted by atomic mass is 9.82. The highest BCUT2D eigenvalue weighted by Gasteiger charge is 2.27. The molecule has 12 heavy (non-hydrogen) atoms. The smallest absolute Gasteiger partial charge is 0.158 e. The molecule has 0 amide bonds. The Kier molecular flexibility index (Phi) is 3.23. The Bertz CT molecular complexity index is 170. The Labute approximate surface area is 72.9 Å². The zero-order chi connectivity index (χ0) is 9.14. The molecule has 0 bridgehead atoms. The molecule has 1 saturated carbocycles. The predicted molar refractivity (Wildman–Crippen MR) is 46.6 cm³/mol. The van der Waals surface area contributed by atoms with Gasteiger partial charge in [-0.15, -0.1) is 0 Å². The molecular formula is C9H17NO2. The third kappa shape index (κ3) is 2.29. The van der Waals surface area contributed by atoms with E-state index in [0.29, 0.717) is 0 Å². The summed E-state index contributed by atoms with van der Waals surface area (Å²) in [5, 5.41) is 9.46. The van der Waals surface area contributed by atoms with Gasteiger partial charge in [-0.1, -0.05) is 6.42 Å². The molecule has 3 nitrogen and oxygen atoms in total. The molecule has 0 unspecified atom stereocenters. The van der Waals surface area contributed by atoms with Crippen LogP contribution in [0.25, 0.3) is 0 Å². The Morgan fingerprint density at radius 1 is 1.58 bits per heavy atom. The van der Waals surface area contributed by atoms with Gasteiger partial charge in [0, 0.05) is 6.04 Å². The summed E-state index contributed by atoms with van der Waals surface area (Å²) in [4.78, 5) is 10.9. The summed E-state index contributed by atoms with van der Waals surface area (Å²) < 4.78 is 0. The molecule has 0 aromatic heterocycles. The van der Waals surface area contributed by atoms with Crippen LogP contribution in [0.5, 0.6) is 0 Å². The Balaban J connectivity index is 2.45. The molecule has 3 N–H and O–H groups in total. The molecule has 0 aromatic carbocycles. The largest absolute Gasteiger partial charge is 0.385 e. The van der Waals surface area contributed by atoms with Crippen LogP contribution in [0.2, 0.25) is 0 Å². The van der Waals surface area contributed by atoms with Crippen LogP contribution >= 0.6 is 0 Å². The molecule has 1 aliphatic carbocycles. The van der Waals surface area contributed by atoms with Crippen LogP contribution in [0.1, 0.15) is 32.6 Å². The Morgan fingerprint density at radius 3 is 2.75 bits per heavy atom. The molecular weight excluding hydrogens is 154 g/mol. The van der Waals surface area contributed by atoms with Crippen LogP contribution in [0.15, 0.2) is 0 Å². The maximum Gasteiger partial charge on any atom is 0.158 e. The molecule has 0 radical (unpaired) electrons. The average Bonchev–Trinajstić information content (AvgIpc) is 2.03. The monoisotopic (exact) mass is 171 g/mol. The van der Waals surface area contributed by atoms with Crippen LogP contribution in [0.4, 0.5) is 0 Å². The van der Waals surface area contributed by atoms with Crippen LogP contribution in [-0.2, 0) is 4.79 Å². The number of carbonyl (C=O) groups is 1. The summed E-state index contributed by atoms with van der Waals surface area (Å²) in [6.07, 6.45) is 3.02. The number of aliphatic hydroxyl groups excluding tert-OH is 1. The van der Waals surface area contributed by atoms with Gasteiger partial charge in [0.2, 0.25) is 0 Å². The van der Waals surface area contributed by atoms with Crippen molar-refractivity contribution in [3.05, 3.63) is 0 Å². The van der Waals surface area contributed by atoms with Gasteiger partial charge in [-0.05, 0) is 32.1 Å². The summed E-state index contributed by atoms with van der Waals surface area (Å²) in [6.45, 7) is 1.44. The van der Waals surface area contributed by atoms with Crippen LogP contribution < -0.4 is 5.73 Å². The van der Waals surface area contributed by atoms with Gasteiger partial charge in [0.1, 0.15) is 6.10 Å². The Hall–Kier alpha value is -0.410. The average molecular weight is 171 g/mol. The highest BCUT2D eigenvalue weighted by Crippen LogP contribution is 2.26. The first kappa shape index (κ1) is 9.68. The lowest BCUT2D eigenvalue weighted by Crippen LogP contribution is -2.36. The minimum Gasteiger partial charge on any atom is -0.385 e. The second-order valence-electron chi connectivity index (χ2n) is 3.74. The standard InChI is InChI=1S/C9H17NO2/c1-6(11)9(12)7-3-2-4-8(10)5-7/h7-9,12H,2-5,10H2,1H3/t7-,8-,9+/m0/s1. The topological polar surface area (TPSA) is 63.3 Å². The van der Waals surface area contributed by atoms with Crippen molar-refractivity contribution in [2.75, 3.05) is 0 Å². The van der Waals surface area contributed by atoms with Gasteiger partial charge >= 0.3 is 0 Å².